The van der Waals surface area contributed by atoms with Crippen LogP contribution in [0.5, 0.6) is 0 Å². The number of nitrogens with one attached hydrogen (secondary N) is 2. The number of hydrogen-bond donors (Lipinski definition) is 2. The van der Waals surface area contributed by atoms with Crippen LogP contribution in [-0.2, 0) is 4.79 Å². The van der Waals surface area contributed by atoms with Crippen molar-refractivity contribution in [2.24, 2.45) is 5.92 Å². The number of benzene rings is 1. The fourth-order valence-corrected chi connectivity index (χ4v) is 3.02. The Kier molecular flexibility index (Phi) is 9.53. The molecule has 2 N–H and O–H groups in total. The van der Waals surface area contributed by atoms with Gasteiger partial charge in [0.1, 0.15) is 0 Å². The normalized spacial score (nSPS) is 12.3. The molecule has 0 radical (unpaired) electrons. The number of carbonyl (C=O) groups is 2. The van der Waals surface area contributed by atoms with Crippen LogP contribution < -0.4 is 10.6 Å². The average Bonchev–Trinajstić information content (AvgIpc) is 2.57. The fourth-order valence-electron chi connectivity index (χ4n) is 2.83. The number of rotatable bonds is 10. The maximum absolute atomic E-state index is 12.1. The van der Waals surface area contributed by atoms with Gasteiger partial charge < -0.3 is 10.6 Å². The minimum Gasteiger partial charge on any atom is -0.353 e. The van der Waals surface area contributed by atoms with E-state index in [0.29, 0.717) is 29.1 Å². The smallest absolute Gasteiger partial charge is 0.251 e. The topological polar surface area (TPSA) is 61.4 Å². The molecule has 1 aromatic carbocycles. The van der Waals surface area contributed by atoms with Crippen LogP contribution in [0.1, 0.15) is 44.5 Å². The molecule has 5 nitrogen and oxygen atoms in total. The molecule has 1 aromatic rings. The molecule has 0 aromatic heterocycles. The first-order chi connectivity index (χ1) is 11.9. The number of halogens is 1. The van der Waals surface area contributed by atoms with Crippen molar-refractivity contribution in [2.75, 3.05) is 26.2 Å². The molecule has 0 aliphatic carbocycles. The molecule has 0 fully saturated rings. The van der Waals surface area contributed by atoms with Gasteiger partial charge in [0.2, 0.25) is 5.91 Å². The molecule has 1 unspecified atom stereocenters. The molecule has 0 bridgehead atoms. The van der Waals surface area contributed by atoms with E-state index in [-0.39, 0.29) is 18.4 Å². The first-order valence-electron chi connectivity index (χ1n) is 8.91. The molecule has 0 heterocycles. The van der Waals surface area contributed by atoms with Gasteiger partial charge in [-0.25, -0.2) is 0 Å². The van der Waals surface area contributed by atoms with Gasteiger partial charge >= 0.3 is 0 Å². The zero-order valence-corrected chi connectivity index (χ0v) is 16.4. The summed E-state index contributed by atoms with van der Waals surface area (Å²) in [5.41, 5.74) is 0.445. The lowest BCUT2D eigenvalue weighted by molar-refractivity contribution is -0.120. The lowest BCUT2D eigenvalue weighted by Gasteiger charge is -2.31. The molecule has 2 amide bonds. The Morgan fingerprint density at radius 1 is 1.16 bits per heavy atom. The highest BCUT2D eigenvalue weighted by Crippen LogP contribution is 2.11. The average molecular weight is 368 g/mol. The molecular weight excluding hydrogens is 338 g/mol. The van der Waals surface area contributed by atoms with Crippen molar-refractivity contribution in [3.63, 3.8) is 0 Å². The first-order valence-corrected chi connectivity index (χ1v) is 9.29. The number of hydrogen-bond acceptors (Lipinski definition) is 3. The largest absolute Gasteiger partial charge is 0.353 e. The van der Waals surface area contributed by atoms with E-state index in [1.807, 2.05) is 0 Å². The second-order valence-electron chi connectivity index (χ2n) is 6.50. The van der Waals surface area contributed by atoms with Gasteiger partial charge in [-0.3, -0.25) is 14.5 Å². The predicted molar refractivity (Wildman–Crippen MR) is 103 cm³/mol. The van der Waals surface area contributed by atoms with Gasteiger partial charge in [-0.2, -0.15) is 0 Å². The minimum atomic E-state index is -0.305. The Labute approximate surface area is 156 Å². The summed E-state index contributed by atoms with van der Waals surface area (Å²) in [6.07, 6.45) is 1.02. The summed E-state index contributed by atoms with van der Waals surface area (Å²) in [7, 11) is 0. The molecule has 25 heavy (non-hydrogen) atoms. The Morgan fingerprint density at radius 2 is 1.84 bits per heavy atom. The van der Waals surface area contributed by atoms with Crippen molar-refractivity contribution in [3.8, 4) is 0 Å². The van der Waals surface area contributed by atoms with E-state index in [1.165, 1.54) is 0 Å². The van der Waals surface area contributed by atoms with Gasteiger partial charge in [0.25, 0.3) is 5.91 Å². The Hall–Kier alpha value is -1.59. The summed E-state index contributed by atoms with van der Waals surface area (Å²) < 4.78 is 0. The SMILES string of the molecule is CCN(CC)C(CNC(=O)CNC(=O)c1cccc(Cl)c1)CC(C)C. The Balaban J connectivity index is 2.47. The molecule has 0 saturated heterocycles. The summed E-state index contributed by atoms with van der Waals surface area (Å²) in [5.74, 6) is 0.0708. The highest BCUT2D eigenvalue weighted by Gasteiger charge is 2.18. The highest BCUT2D eigenvalue weighted by molar-refractivity contribution is 6.30. The van der Waals surface area contributed by atoms with Crippen molar-refractivity contribution in [1.82, 2.24) is 15.5 Å². The summed E-state index contributed by atoms with van der Waals surface area (Å²) in [4.78, 5) is 26.4. The van der Waals surface area contributed by atoms with Gasteiger partial charge in [0.05, 0.1) is 6.54 Å². The van der Waals surface area contributed by atoms with Gasteiger partial charge in [0, 0.05) is 23.2 Å². The second-order valence-corrected chi connectivity index (χ2v) is 6.94. The van der Waals surface area contributed by atoms with E-state index in [1.54, 1.807) is 24.3 Å². The van der Waals surface area contributed by atoms with Crippen LogP contribution in [0.3, 0.4) is 0 Å². The van der Waals surface area contributed by atoms with Gasteiger partial charge in [-0.05, 0) is 43.6 Å². The maximum atomic E-state index is 12.1. The molecule has 0 aliphatic rings. The lowest BCUT2D eigenvalue weighted by atomic mass is 10.0. The Morgan fingerprint density at radius 3 is 2.40 bits per heavy atom. The third-order valence-corrected chi connectivity index (χ3v) is 4.34. The van der Waals surface area contributed by atoms with Crippen molar-refractivity contribution in [2.45, 2.75) is 40.2 Å². The number of amides is 2. The molecule has 0 spiro atoms. The van der Waals surface area contributed by atoms with Crippen molar-refractivity contribution < 1.29 is 9.59 Å². The van der Waals surface area contributed by atoms with Gasteiger partial charge in [-0.15, -0.1) is 0 Å². The van der Waals surface area contributed by atoms with Crippen LogP contribution in [0.2, 0.25) is 5.02 Å². The van der Waals surface area contributed by atoms with Gasteiger partial charge in [-0.1, -0.05) is 45.4 Å². The fraction of sp³-hybridized carbons (Fsp3) is 0.579. The molecule has 6 heteroatoms. The van der Waals surface area contributed by atoms with E-state index in [9.17, 15) is 9.59 Å². The molecule has 1 rings (SSSR count). The van der Waals surface area contributed by atoms with Crippen LogP contribution in [0.4, 0.5) is 0 Å². The molecule has 0 aliphatic heterocycles. The number of likely N-dealkylation sites (N-methyl/N-ethyl adjacent to an activating group) is 1. The van der Waals surface area contributed by atoms with Crippen LogP contribution in [0.25, 0.3) is 0 Å². The predicted octanol–water partition coefficient (Wildman–Crippen LogP) is 2.94. The molecule has 1 atom stereocenters. The quantitative estimate of drug-likeness (QED) is 0.668. The summed E-state index contributed by atoms with van der Waals surface area (Å²) in [5, 5.41) is 6.05. The number of nitrogens with zero attached hydrogens (tertiary/aromatic N) is 1. The van der Waals surface area contributed by atoms with Crippen molar-refractivity contribution in [1.29, 1.82) is 0 Å². The first kappa shape index (κ1) is 21.5. The van der Waals surface area contributed by atoms with Crippen LogP contribution in [0, 0.1) is 5.92 Å². The maximum Gasteiger partial charge on any atom is 0.251 e. The summed E-state index contributed by atoms with van der Waals surface area (Å²) in [6.45, 7) is 11.1. The third kappa shape index (κ3) is 7.88. The zero-order valence-electron chi connectivity index (χ0n) is 15.6. The van der Waals surface area contributed by atoms with E-state index >= 15 is 0 Å². The monoisotopic (exact) mass is 367 g/mol. The summed E-state index contributed by atoms with van der Waals surface area (Å²) in [6, 6.07) is 6.96. The zero-order chi connectivity index (χ0) is 18.8. The van der Waals surface area contributed by atoms with Crippen LogP contribution in [0.15, 0.2) is 24.3 Å². The van der Waals surface area contributed by atoms with Gasteiger partial charge in [0.15, 0.2) is 0 Å². The Bertz CT molecular complexity index is 559. The van der Waals surface area contributed by atoms with E-state index < -0.39 is 0 Å². The highest BCUT2D eigenvalue weighted by atomic mass is 35.5. The molecular formula is C19H30ClN3O2. The van der Waals surface area contributed by atoms with Crippen molar-refractivity contribution >= 4 is 23.4 Å². The molecule has 140 valence electrons. The van der Waals surface area contributed by atoms with Crippen molar-refractivity contribution in [3.05, 3.63) is 34.9 Å². The molecule has 0 saturated carbocycles. The minimum absolute atomic E-state index is 0.0437. The van der Waals surface area contributed by atoms with E-state index in [4.69, 9.17) is 11.6 Å². The summed E-state index contributed by atoms with van der Waals surface area (Å²) >= 11 is 5.87. The third-order valence-electron chi connectivity index (χ3n) is 4.10. The van der Waals surface area contributed by atoms with E-state index in [2.05, 4.69) is 43.2 Å². The lowest BCUT2D eigenvalue weighted by Crippen LogP contribution is -2.46. The van der Waals surface area contributed by atoms with Crippen LogP contribution in [-0.4, -0.2) is 48.9 Å². The second kappa shape index (κ2) is 11.1. The van der Waals surface area contributed by atoms with Crippen LogP contribution >= 0.6 is 11.6 Å². The standard InChI is InChI=1S/C19H30ClN3O2/c1-5-23(6-2)17(10-14(3)4)12-21-18(24)13-22-19(25)15-8-7-9-16(20)11-15/h7-9,11,14,17H,5-6,10,12-13H2,1-4H3,(H,21,24)(H,22,25). The van der Waals surface area contributed by atoms with E-state index in [0.717, 1.165) is 19.5 Å². The number of carbonyl (C=O) groups excluding carboxylic acids is 2.